The van der Waals surface area contributed by atoms with Crippen LogP contribution in [-0.2, 0) is 13.8 Å². The molecular weight excluding hydrogens is 378 g/mol. The fourth-order valence-electron chi connectivity index (χ4n) is 2.21. The zero-order valence-electron chi connectivity index (χ0n) is 13.0. The van der Waals surface area contributed by atoms with Gasteiger partial charge in [-0.05, 0) is 30.3 Å². The summed E-state index contributed by atoms with van der Waals surface area (Å²) in [5, 5.41) is 22.0. The van der Waals surface area contributed by atoms with Crippen LogP contribution in [-0.4, -0.2) is 26.1 Å². The first-order valence-electron chi connectivity index (χ1n) is 7.23. The van der Waals surface area contributed by atoms with E-state index in [1.165, 1.54) is 24.3 Å². The highest BCUT2D eigenvalue weighted by Crippen LogP contribution is 2.24. The maximum atomic E-state index is 12.5. The van der Waals surface area contributed by atoms with Gasteiger partial charge in [-0.15, -0.1) is 0 Å². The van der Waals surface area contributed by atoms with Crippen LogP contribution in [0.2, 0.25) is 0 Å². The molecule has 1 amide bonds. The number of hydrogen-bond acceptors (Lipinski definition) is 7. The third kappa shape index (κ3) is 3.61. The van der Waals surface area contributed by atoms with Gasteiger partial charge >= 0.3 is 0 Å². The van der Waals surface area contributed by atoms with E-state index in [1.807, 2.05) is 6.07 Å². The van der Waals surface area contributed by atoms with Crippen molar-refractivity contribution in [1.29, 1.82) is 5.26 Å². The lowest BCUT2D eigenvalue weighted by atomic mass is 10.2. The number of benzene rings is 2. The van der Waals surface area contributed by atoms with Gasteiger partial charge in [-0.2, -0.15) is 25.6 Å². The van der Waals surface area contributed by atoms with E-state index >= 15 is 0 Å². The number of rotatable bonds is 4. The highest BCUT2D eigenvalue weighted by molar-refractivity contribution is 8.13. The van der Waals surface area contributed by atoms with Gasteiger partial charge in [0.1, 0.15) is 6.07 Å². The Bertz CT molecular complexity index is 1060. The first-order chi connectivity index (χ1) is 12.4. The number of hydrogen-bond donors (Lipinski definition) is 0. The van der Waals surface area contributed by atoms with Crippen molar-refractivity contribution in [3.05, 3.63) is 54.6 Å². The molecule has 0 saturated heterocycles. The number of nitriles is 1. The number of halogens is 1. The Balaban J connectivity index is 1.88. The Morgan fingerprint density at radius 1 is 1.15 bits per heavy atom. The minimum absolute atomic E-state index is 0.108. The van der Waals surface area contributed by atoms with E-state index in [4.69, 9.17) is 10.7 Å². The summed E-state index contributed by atoms with van der Waals surface area (Å²) in [5.74, 6) is -0.530. The monoisotopic (exact) mass is 387 g/mol. The van der Waals surface area contributed by atoms with Crippen LogP contribution in [0.15, 0.2) is 74.8 Å². The van der Waals surface area contributed by atoms with E-state index in [1.54, 1.807) is 30.3 Å². The van der Waals surface area contributed by atoms with Gasteiger partial charge < -0.3 is 0 Å². The summed E-state index contributed by atoms with van der Waals surface area (Å²) in [6, 6.07) is 14.7. The van der Waals surface area contributed by atoms with Gasteiger partial charge in [0.25, 0.3) is 15.0 Å². The summed E-state index contributed by atoms with van der Waals surface area (Å²) in [5.41, 5.74) is 0.567. The fraction of sp³-hybridized carbons (Fsp3) is 0.0625. The first kappa shape index (κ1) is 17.7. The van der Waals surface area contributed by atoms with Gasteiger partial charge in [-0.3, -0.25) is 4.79 Å². The molecule has 0 saturated carbocycles. The second-order valence-corrected chi connectivity index (χ2v) is 7.70. The van der Waals surface area contributed by atoms with Gasteiger partial charge in [0.05, 0.1) is 16.3 Å². The molecule has 0 N–H and O–H groups in total. The summed E-state index contributed by atoms with van der Waals surface area (Å²) in [6.45, 7) is 0. The standard InChI is InChI=1S/C16H10ClN5O3S/c17-26(24,25)13-8-4-5-11(9-13)19-20-15-14(10-18)21-22(16(15)23)12-6-2-1-3-7-12/h1-9,15H. The normalized spacial score (nSPS) is 17.4. The molecule has 2 aromatic rings. The molecule has 130 valence electrons. The molecule has 0 bridgehead atoms. The van der Waals surface area contributed by atoms with Crippen molar-refractivity contribution in [2.24, 2.45) is 15.3 Å². The van der Waals surface area contributed by atoms with E-state index in [0.29, 0.717) is 5.69 Å². The van der Waals surface area contributed by atoms with Crippen molar-refractivity contribution < 1.29 is 13.2 Å². The highest BCUT2D eigenvalue weighted by Gasteiger charge is 2.37. The predicted molar refractivity (Wildman–Crippen MR) is 94.8 cm³/mol. The molecule has 1 unspecified atom stereocenters. The van der Waals surface area contributed by atoms with Crippen molar-refractivity contribution in [2.45, 2.75) is 10.9 Å². The van der Waals surface area contributed by atoms with Gasteiger partial charge in [-0.25, -0.2) is 8.42 Å². The number of azo groups is 1. The maximum absolute atomic E-state index is 12.5. The molecule has 3 rings (SSSR count). The van der Waals surface area contributed by atoms with Crippen molar-refractivity contribution in [2.75, 3.05) is 5.01 Å². The average molecular weight is 388 g/mol. The highest BCUT2D eigenvalue weighted by atomic mass is 35.7. The second kappa shape index (κ2) is 7.03. The van der Waals surface area contributed by atoms with Crippen molar-refractivity contribution in [1.82, 2.24) is 0 Å². The van der Waals surface area contributed by atoms with Crippen LogP contribution in [0.25, 0.3) is 0 Å². The lowest BCUT2D eigenvalue weighted by Gasteiger charge is -2.11. The number of nitrogens with zero attached hydrogens (tertiary/aromatic N) is 5. The summed E-state index contributed by atoms with van der Waals surface area (Å²) in [6.07, 6.45) is 0. The van der Waals surface area contributed by atoms with Crippen LogP contribution in [0.1, 0.15) is 0 Å². The van der Waals surface area contributed by atoms with E-state index in [2.05, 4.69) is 15.3 Å². The molecule has 0 radical (unpaired) electrons. The van der Waals surface area contributed by atoms with Crippen LogP contribution < -0.4 is 5.01 Å². The molecule has 0 aromatic heterocycles. The SMILES string of the molecule is N#CC1=NN(c2ccccc2)C(=O)C1N=Nc1cccc(S(=O)(=O)Cl)c1. The van der Waals surface area contributed by atoms with Gasteiger partial charge in [-0.1, -0.05) is 24.3 Å². The van der Waals surface area contributed by atoms with E-state index in [-0.39, 0.29) is 16.3 Å². The van der Waals surface area contributed by atoms with Crippen molar-refractivity contribution >= 4 is 42.7 Å². The van der Waals surface area contributed by atoms with Crippen molar-refractivity contribution in [3.63, 3.8) is 0 Å². The smallest absolute Gasteiger partial charge is 0.269 e. The number of amides is 1. The molecule has 1 aliphatic heterocycles. The van der Waals surface area contributed by atoms with Gasteiger partial charge in [0.2, 0.25) is 6.04 Å². The molecule has 0 spiro atoms. The minimum atomic E-state index is -3.91. The van der Waals surface area contributed by atoms with E-state index in [9.17, 15) is 18.5 Å². The van der Waals surface area contributed by atoms with Crippen LogP contribution in [0.3, 0.4) is 0 Å². The molecule has 26 heavy (non-hydrogen) atoms. The second-order valence-electron chi connectivity index (χ2n) is 5.14. The van der Waals surface area contributed by atoms with Crippen LogP contribution in [0.5, 0.6) is 0 Å². The maximum Gasteiger partial charge on any atom is 0.281 e. The summed E-state index contributed by atoms with van der Waals surface area (Å²) < 4.78 is 22.7. The molecule has 10 heteroatoms. The Kier molecular flexibility index (Phi) is 4.79. The zero-order chi connectivity index (χ0) is 18.7. The average Bonchev–Trinajstić information content (AvgIpc) is 2.96. The summed E-state index contributed by atoms with van der Waals surface area (Å²) in [7, 11) is 1.38. The fourth-order valence-corrected chi connectivity index (χ4v) is 3.00. The van der Waals surface area contributed by atoms with Crippen LogP contribution in [0, 0.1) is 11.3 Å². The Hall–Kier alpha value is -3.09. The molecular formula is C16H10ClN5O3S. The molecule has 1 atom stereocenters. The lowest BCUT2D eigenvalue weighted by Crippen LogP contribution is -2.30. The minimum Gasteiger partial charge on any atom is -0.269 e. The third-order valence-electron chi connectivity index (χ3n) is 3.41. The molecule has 8 nitrogen and oxygen atoms in total. The van der Waals surface area contributed by atoms with Crippen LogP contribution in [0.4, 0.5) is 11.4 Å². The lowest BCUT2D eigenvalue weighted by molar-refractivity contribution is -0.117. The molecule has 0 fully saturated rings. The quantitative estimate of drug-likeness (QED) is 0.592. The topological polar surface area (TPSA) is 115 Å². The Labute approximate surface area is 153 Å². The van der Waals surface area contributed by atoms with Crippen molar-refractivity contribution in [3.8, 4) is 6.07 Å². The first-order valence-corrected chi connectivity index (χ1v) is 9.54. The number of carbonyl (C=O) groups excluding carboxylic acids is 1. The third-order valence-corrected chi connectivity index (χ3v) is 4.76. The summed E-state index contributed by atoms with van der Waals surface area (Å²) in [4.78, 5) is 12.4. The number of carbonyl (C=O) groups is 1. The predicted octanol–water partition coefficient (Wildman–Crippen LogP) is 2.99. The van der Waals surface area contributed by atoms with Crippen LogP contribution >= 0.6 is 10.7 Å². The Morgan fingerprint density at radius 3 is 2.54 bits per heavy atom. The number of para-hydroxylation sites is 1. The van der Waals surface area contributed by atoms with E-state index < -0.39 is 21.0 Å². The largest absolute Gasteiger partial charge is 0.281 e. The zero-order valence-corrected chi connectivity index (χ0v) is 14.6. The van der Waals surface area contributed by atoms with E-state index in [0.717, 1.165) is 5.01 Å². The van der Waals surface area contributed by atoms with Gasteiger partial charge in [0.15, 0.2) is 5.71 Å². The number of anilines is 1. The van der Waals surface area contributed by atoms with Gasteiger partial charge in [0, 0.05) is 10.7 Å². The number of hydrazone groups is 1. The molecule has 1 aliphatic rings. The Morgan fingerprint density at radius 2 is 1.88 bits per heavy atom. The molecule has 1 heterocycles. The summed E-state index contributed by atoms with van der Waals surface area (Å²) >= 11 is 0. The molecule has 2 aromatic carbocycles. The molecule has 0 aliphatic carbocycles.